The zero-order valence-electron chi connectivity index (χ0n) is 12.9. The van der Waals surface area contributed by atoms with Gasteiger partial charge in [0.2, 0.25) is 0 Å². The van der Waals surface area contributed by atoms with Crippen LogP contribution in [0.2, 0.25) is 0 Å². The Bertz CT molecular complexity index is 482. The van der Waals surface area contributed by atoms with Crippen LogP contribution in [0.4, 0.5) is 4.70 Å². The number of halogens is 1. The molecule has 2 aliphatic heterocycles. The molecule has 2 bridgehead atoms. The van der Waals surface area contributed by atoms with Crippen molar-refractivity contribution in [3.05, 3.63) is 35.9 Å². The number of fused-ring (bicyclic) bond motifs is 2. The Balaban J connectivity index is 0.00000176. The van der Waals surface area contributed by atoms with Crippen LogP contribution in [0.1, 0.15) is 37.2 Å². The van der Waals surface area contributed by atoms with E-state index in [1.165, 1.54) is 12.8 Å². The van der Waals surface area contributed by atoms with Gasteiger partial charge in [-0.05, 0) is 38.3 Å². The number of carbonyl (C=O) groups excluding carboxylic acids is 1. The van der Waals surface area contributed by atoms with E-state index in [2.05, 4.69) is 11.9 Å². The van der Waals surface area contributed by atoms with Gasteiger partial charge in [0.15, 0.2) is 0 Å². The van der Waals surface area contributed by atoms with Crippen LogP contribution < -0.4 is 0 Å². The molecule has 5 heteroatoms. The molecule has 0 aromatic heterocycles. The van der Waals surface area contributed by atoms with Gasteiger partial charge < -0.3 is 14.7 Å². The monoisotopic (exact) mass is 309 g/mol. The second-order valence-corrected chi connectivity index (χ2v) is 6.23. The van der Waals surface area contributed by atoms with E-state index >= 15 is 0 Å². The first-order valence-corrected chi connectivity index (χ1v) is 7.77. The van der Waals surface area contributed by atoms with E-state index in [4.69, 9.17) is 4.74 Å². The summed E-state index contributed by atoms with van der Waals surface area (Å²) in [5.41, 5.74) is 0.820. The minimum absolute atomic E-state index is 0. The molecule has 4 nitrogen and oxygen atoms in total. The highest BCUT2D eigenvalue weighted by atomic mass is 19.0. The van der Waals surface area contributed by atoms with Crippen molar-refractivity contribution < 1.29 is 19.3 Å². The maximum Gasteiger partial charge on any atom is 0.316 e. The maximum atomic E-state index is 12.4. The van der Waals surface area contributed by atoms with Gasteiger partial charge in [-0.2, -0.15) is 0 Å². The molecule has 0 spiro atoms. The van der Waals surface area contributed by atoms with Crippen molar-refractivity contribution in [3.63, 3.8) is 0 Å². The number of ether oxygens (including phenoxy) is 1. The number of hydrogen-bond donors (Lipinski definition) is 1. The van der Waals surface area contributed by atoms with Crippen molar-refractivity contribution in [1.82, 2.24) is 4.90 Å². The van der Waals surface area contributed by atoms with E-state index < -0.39 is 5.92 Å². The molecule has 4 atom stereocenters. The van der Waals surface area contributed by atoms with E-state index in [0.717, 1.165) is 18.4 Å². The molecule has 0 amide bonds. The molecule has 122 valence electrons. The van der Waals surface area contributed by atoms with E-state index in [-0.39, 0.29) is 23.4 Å². The quantitative estimate of drug-likeness (QED) is 0.865. The number of esters is 1. The molecular weight excluding hydrogens is 285 g/mol. The summed E-state index contributed by atoms with van der Waals surface area (Å²) in [7, 11) is 2.17. The number of benzene rings is 1. The Morgan fingerprint density at radius 3 is 2.41 bits per heavy atom. The normalized spacial score (nSPS) is 28.7. The number of piperidine rings is 1. The highest BCUT2D eigenvalue weighted by Gasteiger charge is 2.40. The first-order chi connectivity index (χ1) is 10.2. The third-order valence-corrected chi connectivity index (χ3v) is 5.01. The van der Waals surface area contributed by atoms with Gasteiger partial charge in [0.1, 0.15) is 12.0 Å². The van der Waals surface area contributed by atoms with Crippen molar-refractivity contribution in [3.8, 4) is 0 Å². The topological polar surface area (TPSA) is 49.8 Å². The van der Waals surface area contributed by atoms with E-state index in [0.29, 0.717) is 12.1 Å². The van der Waals surface area contributed by atoms with Gasteiger partial charge in [0.05, 0.1) is 6.61 Å². The van der Waals surface area contributed by atoms with Gasteiger partial charge in [-0.15, -0.1) is 0 Å². The van der Waals surface area contributed by atoms with Crippen LogP contribution in [-0.4, -0.2) is 47.8 Å². The van der Waals surface area contributed by atoms with Crippen LogP contribution in [-0.2, 0) is 9.53 Å². The van der Waals surface area contributed by atoms with Crippen molar-refractivity contribution in [2.24, 2.45) is 0 Å². The fourth-order valence-corrected chi connectivity index (χ4v) is 3.71. The Morgan fingerprint density at radius 1 is 1.27 bits per heavy atom. The highest BCUT2D eigenvalue weighted by Crippen LogP contribution is 2.36. The van der Waals surface area contributed by atoms with Gasteiger partial charge in [0.25, 0.3) is 0 Å². The molecular formula is C17H24FNO3. The van der Waals surface area contributed by atoms with Crippen molar-refractivity contribution in [2.75, 3.05) is 13.7 Å². The van der Waals surface area contributed by atoms with Crippen LogP contribution >= 0.6 is 0 Å². The van der Waals surface area contributed by atoms with Crippen LogP contribution in [0.5, 0.6) is 0 Å². The van der Waals surface area contributed by atoms with Gasteiger partial charge in [-0.3, -0.25) is 9.50 Å². The molecule has 3 rings (SSSR count). The molecule has 1 aromatic rings. The predicted molar refractivity (Wildman–Crippen MR) is 82.5 cm³/mol. The standard InChI is InChI=1S/C17H23NO3.FH/c1-18-13-7-8-14(18)10-15(9-13)21-17(20)16(11-19)12-5-3-2-4-6-12;/h2-6,13-16,19H,7-11H2,1H3;1H/t13-,14+,15?,16?;. The summed E-state index contributed by atoms with van der Waals surface area (Å²) >= 11 is 0. The highest BCUT2D eigenvalue weighted by molar-refractivity contribution is 5.78. The maximum absolute atomic E-state index is 12.4. The first kappa shape index (κ1) is 16.9. The van der Waals surface area contributed by atoms with Crippen molar-refractivity contribution >= 4 is 5.97 Å². The third kappa shape index (κ3) is 3.31. The lowest BCUT2D eigenvalue weighted by Gasteiger charge is -2.36. The summed E-state index contributed by atoms with van der Waals surface area (Å²) in [5.74, 6) is -0.860. The summed E-state index contributed by atoms with van der Waals surface area (Å²) in [6.45, 7) is -0.206. The summed E-state index contributed by atoms with van der Waals surface area (Å²) < 4.78 is 5.70. The van der Waals surface area contributed by atoms with Crippen molar-refractivity contribution in [1.29, 1.82) is 0 Å². The summed E-state index contributed by atoms with van der Waals surface area (Å²) in [4.78, 5) is 14.8. The molecule has 1 aromatic carbocycles. The molecule has 1 N–H and O–H groups in total. The molecule has 0 saturated carbocycles. The number of carbonyl (C=O) groups is 1. The lowest BCUT2D eigenvalue weighted by atomic mass is 9.98. The lowest BCUT2D eigenvalue weighted by Crippen LogP contribution is -2.43. The van der Waals surface area contributed by atoms with Gasteiger partial charge >= 0.3 is 5.97 Å². The smallest absolute Gasteiger partial charge is 0.316 e. The Morgan fingerprint density at radius 2 is 1.86 bits per heavy atom. The van der Waals surface area contributed by atoms with E-state index in [9.17, 15) is 9.90 Å². The van der Waals surface area contributed by atoms with E-state index in [1.54, 1.807) is 0 Å². The van der Waals surface area contributed by atoms with Crippen LogP contribution in [0.25, 0.3) is 0 Å². The summed E-state index contributed by atoms with van der Waals surface area (Å²) in [5, 5.41) is 9.53. The summed E-state index contributed by atoms with van der Waals surface area (Å²) in [6, 6.07) is 10.5. The second kappa shape index (κ2) is 7.20. The molecule has 0 aliphatic carbocycles. The molecule has 2 fully saturated rings. The van der Waals surface area contributed by atoms with Gasteiger partial charge in [-0.25, -0.2) is 0 Å². The third-order valence-electron chi connectivity index (χ3n) is 5.01. The predicted octanol–water partition coefficient (Wildman–Crippen LogP) is 2.08. The average molecular weight is 309 g/mol. The number of rotatable bonds is 4. The molecule has 2 saturated heterocycles. The number of aliphatic hydroxyl groups excluding tert-OH is 1. The Labute approximate surface area is 130 Å². The summed E-state index contributed by atoms with van der Waals surface area (Å²) in [6.07, 6.45) is 4.26. The lowest BCUT2D eigenvalue weighted by molar-refractivity contribution is -0.155. The minimum Gasteiger partial charge on any atom is -0.462 e. The first-order valence-electron chi connectivity index (χ1n) is 7.77. The average Bonchev–Trinajstić information content (AvgIpc) is 2.72. The fourth-order valence-electron chi connectivity index (χ4n) is 3.71. The molecule has 2 aliphatic rings. The van der Waals surface area contributed by atoms with Crippen LogP contribution in [0.15, 0.2) is 30.3 Å². The fraction of sp³-hybridized carbons (Fsp3) is 0.588. The number of aliphatic hydroxyl groups is 1. The molecule has 22 heavy (non-hydrogen) atoms. The Hall–Kier alpha value is -1.46. The van der Waals surface area contributed by atoms with Crippen molar-refractivity contribution in [2.45, 2.75) is 49.8 Å². The number of nitrogens with zero attached hydrogens (tertiary/aromatic N) is 1. The molecule has 0 radical (unpaired) electrons. The zero-order valence-corrected chi connectivity index (χ0v) is 12.9. The zero-order chi connectivity index (χ0) is 14.8. The minimum atomic E-state index is -0.566. The van der Waals surface area contributed by atoms with E-state index in [1.807, 2.05) is 30.3 Å². The number of hydrogen-bond acceptors (Lipinski definition) is 4. The van der Waals surface area contributed by atoms with Gasteiger partial charge in [0, 0.05) is 12.1 Å². The molecule has 2 unspecified atom stereocenters. The molecule has 2 heterocycles. The second-order valence-electron chi connectivity index (χ2n) is 6.23. The SMILES string of the molecule is CN1[C@@H]2CC[C@H]1CC(OC(=O)C(CO)c1ccccc1)C2.F. The van der Waals surface area contributed by atoms with Crippen LogP contribution in [0, 0.1) is 0 Å². The Kier molecular flexibility index (Phi) is 5.53. The van der Waals surface area contributed by atoms with Crippen LogP contribution in [0.3, 0.4) is 0 Å². The van der Waals surface area contributed by atoms with Gasteiger partial charge in [-0.1, -0.05) is 30.3 Å². The largest absolute Gasteiger partial charge is 0.462 e.